The normalized spacial score (nSPS) is 18.8. The molecule has 1 unspecified atom stereocenters. The van der Waals surface area contributed by atoms with Gasteiger partial charge in [0.2, 0.25) is 0 Å². The van der Waals surface area contributed by atoms with E-state index in [4.69, 9.17) is 22.1 Å². The van der Waals surface area contributed by atoms with E-state index in [1.54, 1.807) is 6.20 Å². The van der Waals surface area contributed by atoms with Crippen LogP contribution in [0, 0.1) is 5.92 Å². The van der Waals surface area contributed by atoms with Gasteiger partial charge < -0.3 is 10.5 Å². The Morgan fingerprint density at radius 2 is 2.42 bits per heavy atom. The first-order valence-corrected chi connectivity index (χ1v) is 6.63. The van der Waals surface area contributed by atoms with Gasteiger partial charge in [0.25, 0.3) is 0 Å². The highest BCUT2D eigenvalue weighted by Crippen LogP contribution is 2.30. The summed E-state index contributed by atoms with van der Waals surface area (Å²) in [4.78, 5) is 19.8. The number of hydrogen-bond acceptors (Lipinski definition) is 5. The summed E-state index contributed by atoms with van der Waals surface area (Å²) in [5, 5.41) is 0.214. The van der Waals surface area contributed by atoms with Crippen molar-refractivity contribution >= 4 is 29.0 Å². The van der Waals surface area contributed by atoms with Crippen molar-refractivity contribution in [2.24, 2.45) is 5.92 Å². The smallest absolute Gasteiger partial charge is 0.309 e. The number of carbonyl (C=O) groups is 1. The molecule has 0 saturated heterocycles. The highest BCUT2D eigenvalue weighted by Gasteiger charge is 2.23. The van der Waals surface area contributed by atoms with Crippen LogP contribution in [0.25, 0.3) is 5.57 Å². The Kier molecular flexibility index (Phi) is 4.37. The topological polar surface area (TPSA) is 78.1 Å². The monoisotopic (exact) mass is 281 g/mol. The standard InChI is InChI=1S/C13H16ClN3O2/c1-2-19-13(18)9-5-3-8(4-6-9)10-7-16-12(15)11(14)17-10/h3,7,9H,2,4-6H2,1H3,(H2,15,16). The largest absolute Gasteiger partial charge is 0.466 e. The van der Waals surface area contributed by atoms with Gasteiger partial charge in [-0.2, -0.15) is 0 Å². The lowest BCUT2D eigenvalue weighted by Crippen LogP contribution is -2.19. The fraction of sp³-hybridized carbons (Fsp3) is 0.462. The second-order valence-electron chi connectivity index (χ2n) is 4.38. The summed E-state index contributed by atoms with van der Waals surface area (Å²) in [5.74, 6) is 0.0476. The quantitative estimate of drug-likeness (QED) is 0.861. The molecule has 19 heavy (non-hydrogen) atoms. The minimum Gasteiger partial charge on any atom is -0.466 e. The first kappa shape index (κ1) is 13.8. The van der Waals surface area contributed by atoms with Gasteiger partial charge in [-0.05, 0) is 31.8 Å². The van der Waals surface area contributed by atoms with Crippen LogP contribution in [0.3, 0.4) is 0 Å². The molecule has 1 atom stereocenters. The summed E-state index contributed by atoms with van der Waals surface area (Å²) in [6, 6.07) is 0. The minimum atomic E-state index is -0.126. The molecular weight excluding hydrogens is 266 g/mol. The summed E-state index contributed by atoms with van der Waals surface area (Å²) in [5.41, 5.74) is 7.30. The van der Waals surface area contributed by atoms with Crippen LogP contribution in [-0.4, -0.2) is 22.5 Å². The molecule has 102 valence electrons. The predicted octanol–water partition coefficient (Wildman–Crippen LogP) is 2.46. The third-order valence-electron chi connectivity index (χ3n) is 3.12. The maximum atomic E-state index is 11.6. The number of esters is 1. The number of hydrogen-bond donors (Lipinski definition) is 1. The first-order valence-electron chi connectivity index (χ1n) is 6.26. The van der Waals surface area contributed by atoms with Crippen LogP contribution in [0.2, 0.25) is 5.15 Å². The van der Waals surface area contributed by atoms with Crippen LogP contribution >= 0.6 is 11.6 Å². The Labute approximate surface area is 116 Å². The number of nitrogens with two attached hydrogens (primary N) is 1. The molecule has 5 nitrogen and oxygen atoms in total. The van der Waals surface area contributed by atoms with E-state index < -0.39 is 0 Å². The van der Waals surface area contributed by atoms with Crippen molar-refractivity contribution in [3.63, 3.8) is 0 Å². The van der Waals surface area contributed by atoms with E-state index in [1.165, 1.54) is 0 Å². The molecular formula is C13H16ClN3O2. The molecule has 0 aromatic carbocycles. The van der Waals surface area contributed by atoms with E-state index in [9.17, 15) is 4.79 Å². The molecule has 0 radical (unpaired) electrons. The molecule has 6 heteroatoms. The number of aromatic nitrogens is 2. The Morgan fingerprint density at radius 1 is 1.63 bits per heavy atom. The van der Waals surface area contributed by atoms with Crippen LogP contribution in [-0.2, 0) is 9.53 Å². The van der Waals surface area contributed by atoms with Gasteiger partial charge in [0.05, 0.1) is 24.4 Å². The highest BCUT2D eigenvalue weighted by molar-refractivity contribution is 6.31. The molecule has 2 rings (SSSR count). The average Bonchev–Trinajstić information content (AvgIpc) is 2.42. The zero-order chi connectivity index (χ0) is 13.8. The summed E-state index contributed by atoms with van der Waals surface area (Å²) in [6.07, 6.45) is 5.80. The van der Waals surface area contributed by atoms with Crippen LogP contribution in [0.1, 0.15) is 31.9 Å². The lowest BCUT2D eigenvalue weighted by molar-refractivity contribution is -0.148. The highest BCUT2D eigenvalue weighted by atomic mass is 35.5. The van der Waals surface area contributed by atoms with E-state index in [0.717, 1.165) is 24.1 Å². The molecule has 1 aromatic rings. The molecule has 0 saturated carbocycles. The van der Waals surface area contributed by atoms with Crippen LogP contribution < -0.4 is 5.73 Å². The van der Waals surface area contributed by atoms with E-state index in [-0.39, 0.29) is 22.9 Å². The zero-order valence-electron chi connectivity index (χ0n) is 10.7. The van der Waals surface area contributed by atoms with Gasteiger partial charge in [-0.3, -0.25) is 4.79 Å². The number of carbonyl (C=O) groups excluding carboxylic acids is 1. The number of allylic oxidation sites excluding steroid dienone is 2. The Hall–Kier alpha value is -1.62. The van der Waals surface area contributed by atoms with Gasteiger partial charge in [0.1, 0.15) is 0 Å². The Balaban J connectivity index is 2.08. The van der Waals surface area contributed by atoms with Crippen molar-refractivity contribution in [1.82, 2.24) is 9.97 Å². The van der Waals surface area contributed by atoms with Gasteiger partial charge in [-0.1, -0.05) is 17.7 Å². The number of halogens is 1. The molecule has 0 fully saturated rings. The van der Waals surface area contributed by atoms with Crippen molar-refractivity contribution in [3.05, 3.63) is 23.1 Å². The van der Waals surface area contributed by atoms with E-state index in [0.29, 0.717) is 13.0 Å². The lowest BCUT2D eigenvalue weighted by atomic mass is 9.88. The van der Waals surface area contributed by atoms with Crippen molar-refractivity contribution in [1.29, 1.82) is 0 Å². The maximum Gasteiger partial charge on any atom is 0.309 e. The van der Waals surface area contributed by atoms with E-state index >= 15 is 0 Å². The van der Waals surface area contributed by atoms with Crippen LogP contribution in [0.5, 0.6) is 0 Å². The predicted molar refractivity (Wildman–Crippen MR) is 73.4 cm³/mol. The summed E-state index contributed by atoms with van der Waals surface area (Å²) in [7, 11) is 0. The van der Waals surface area contributed by atoms with Gasteiger partial charge in [-0.15, -0.1) is 0 Å². The third-order valence-corrected chi connectivity index (χ3v) is 3.39. The fourth-order valence-corrected chi connectivity index (χ4v) is 2.21. The molecule has 1 aromatic heterocycles. The second-order valence-corrected chi connectivity index (χ2v) is 4.74. The van der Waals surface area contributed by atoms with Gasteiger partial charge in [-0.25, -0.2) is 9.97 Å². The van der Waals surface area contributed by atoms with Crippen molar-refractivity contribution in [2.45, 2.75) is 26.2 Å². The molecule has 0 aliphatic heterocycles. The number of ether oxygens (including phenoxy) is 1. The van der Waals surface area contributed by atoms with Crippen molar-refractivity contribution < 1.29 is 9.53 Å². The van der Waals surface area contributed by atoms with Crippen molar-refractivity contribution in [2.75, 3.05) is 12.3 Å². The maximum absolute atomic E-state index is 11.6. The number of anilines is 1. The molecule has 1 aliphatic rings. The van der Waals surface area contributed by atoms with Crippen LogP contribution in [0.4, 0.5) is 5.82 Å². The molecule has 2 N–H and O–H groups in total. The van der Waals surface area contributed by atoms with Gasteiger partial charge in [0.15, 0.2) is 11.0 Å². The Morgan fingerprint density at radius 3 is 3.00 bits per heavy atom. The second kappa shape index (κ2) is 6.02. The van der Waals surface area contributed by atoms with Gasteiger partial charge in [0, 0.05) is 0 Å². The van der Waals surface area contributed by atoms with E-state index in [2.05, 4.69) is 9.97 Å². The number of nitrogen functional groups attached to an aromatic ring is 1. The molecule has 0 amide bonds. The molecule has 1 aliphatic carbocycles. The number of rotatable bonds is 3. The summed E-state index contributed by atoms with van der Waals surface area (Å²) < 4.78 is 5.02. The average molecular weight is 282 g/mol. The lowest BCUT2D eigenvalue weighted by Gasteiger charge is -2.20. The van der Waals surface area contributed by atoms with E-state index in [1.807, 2.05) is 13.0 Å². The minimum absolute atomic E-state index is 0.0547. The zero-order valence-corrected chi connectivity index (χ0v) is 11.5. The Bertz CT molecular complexity index is 517. The number of nitrogens with zero attached hydrogens (tertiary/aromatic N) is 2. The molecule has 0 spiro atoms. The van der Waals surface area contributed by atoms with Crippen LogP contribution in [0.15, 0.2) is 12.3 Å². The third kappa shape index (κ3) is 3.23. The SMILES string of the molecule is CCOC(=O)C1CC=C(c2cnc(N)c(Cl)n2)CC1. The van der Waals surface area contributed by atoms with Gasteiger partial charge >= 0.3 is 5.97 Å². The fourth-order valence-electron chi connectivity index (χ4n) is 2.07. The van der Waals surface area contributed by atoms with Crippen molar-refractivity contribution in [3.8, 4) is 0 Å². The summed E-state index contributed by atoms with van der Waals surface area (Å²) in [6.45, 7) is 2.24. The molecule has 1 heterocycles. The molecule has 0 bridgehead atoms. The summed E-state index contributed by atoms with van der Waals surface area (Å²) >= 11 is 5.85. The first-order chi connectivity index (χ1) is 9.11.